The van der Waals surface area contributed by atoms with Gasteiger partial charge in [-0.3, -0.25) is 9.80 Å². The quantitative estimate of drug-likeness (QED) is 0.427. The van der Waals surface area contributed by atoms with Crippen LogP contribution in [-0.2, 0) is 11.2 Å². The molecule has 1 rings (SSSR count). The summed E-state index contributed by atoms with van der Waals surface area (Å²) in [5, 5.41) is 24.4. The third-order valence-electron chi connectivity index (χ3n) is 3.22. The molecule has 0 aliphatic carbocycles. The summed E-state index contributed by atoms with van der Waals surface area (Å²) in [6.07, 6.45) is -0.451. The van der Waals surface area contributed by atoms with Crippen molar-refractivity contribution in [3.05, 3.63) is 29.3 Å². The maximum atomic E-state index is 11.0. The van der Waals surface area contributed by atoms with E-state index in [1.807, 2.05) is 26.8 Å². The first-order valence-corrected chi connectivity index (χ1v) is 7.70. The van der Waals surface area contributed by atoms with E-state index in [1.165, 1.54) is 0 Å². The number of hydrogen-bond acceptors (Lipinski definition) is 6. The van der Waals surface area contributed by atoms with Crippen LogP contribution in [0.3, 0.4) is 0 Å². The van der Waals surface area contributed by atoms with Gasteiger partial charge in [-0.15, -0.1) is 0 Å². The fourth-order valence-corrected chi connectivity index (χ4v) is 2.22. The molecule has 7 nitrogen and oxygen atoms in total. The Labute approximate surface area is 142 Å². The molecule has 0 spiro atoms. The molecule has 0 heterocycles. The van der Waals surface area contributed by atoms with Crippen LogP contribution in [0.25, 0.3) is 0 Å². The molecule has 0 bridgehead atoms. The molecule has 7 heteroatoms. The lowest BCUT2D eigenvalue weighted by molar-refractivity contribution is -0.136. The molecule has 1 aromatic rings. The number of nitrogens with two attached hydrogens (primary N) is 1. The number of nitrogens with zero attached hydrogens (tertiary/aromatic N) is 3. The number of hydrazone groups is 1. The second-order valence-corrected chi connectivity index (χ2v) is 5.81. The summed E-state index contributed by atoms with van der Waals surface area (Å²) in [6.45, 7) is 7.74. The van der Waals surface area contributed by atoms with E-state index in [1.54, 1.807) is 30.1 Å². The number of carboxylic acids is 1. The zero-order chi connectivity index (χ0) is 18.3. The first kappa shape index (κ1) is 19.5. The van der Waals surface area contributed by atoms with Crippen LogP contribution in [0, 0.1) is 11.3 Å². The third kappa shape index (κ3) is 5.56. The highest BCUT2D eigenvalue weighted by molar-refractivity contribution is 5.83. The second-order valence-electron chi connectivity index (χ2n) is 5.81. The van der Waals surface area contributed by atoms with Crippen molar-refractivity contribution in [2.45, 2.75) is 46.3 Å². The van der Waals surface area contributed by atoms with E-state index in [-0.39, 0.29) is 31.0 Å². The third-order valence-corrected chi connectivity index (χ3v) is 3.22. The van der Waals surface area contributed by atoms with E-state index >= 15 is 0 Å². The van der Waals surface area contributed by atoms with Crippen LogP contribution in [-0.4, -0.2) is 40.6 Å². The molecule has 0 saturated heterocycles. The van der Waals surface area contributed by atoms with Gasteiger partial charge in [-0.2, -0.15) is 10.4 Å². The number of carboxylic acid groups (broad SMARTS) is 1. The first-order chi connectivity index (χ1) is 11.3. The van der Waals surface area contributed by atoms with Gasteiger partial charge < -0.3 is 15.6 Å². The van der Waals surface area contributed by atoms with Crippen molar-refractivity contribution in [2.75, 3.05) is 6.61 Å². The smallest absolute Gasteiger partial charge is 0.307 e. The average Bonchev–Trinajstić information content (AvgIpc) is 2.49. The predicted molar refractivity (Wildman–Crippen MR) is 91.7 cm³/mol. The molecule has 24 heavy (non-hydrogen) atoms. The molecule has 0 amide bonds. The molecule has 0 aliphatic rings. The molecule has 3 N–H and O–H groups in total. The van der Waals surface area contributed by atoms with Crippen LogP contribution in [0.2, 0.25) is 0 Å². The Morgan fingerprint density at radius 1 is 1.46 bits per heavy atom. The molecule has 1 atom stereocenters. The van der Waals surface area contributed by atoms with Crippen LogP contribution in [0.1, 0.15) is 38.8 Å². The molecule has 0 aromatic heterocycles. The van der Waals surface area contributed by atoms with Gasteiger partial charge in [0.2, 0.25) is 0 Å². The lowest BCUT2D eigenvalue weighted by Gasteiger charge is -2.28. The van der Waals surface area contributed by atoms with E-state index in [2.05, 4.69) is 5.10 Å². The van der Waals surface area contributed by atoms with Gasteiger partial charge in [-0.25, -0.2) is 0 Å². The average molecular weight is 332 g/mol. The summed E-state index contributed by atoms with van der Waals surface area (Å²) in [4.78, 5) is 11.0. The van der Waals surface area contributed by atoms with Gasteiger partial charge >= 0.3 is 5.97 Å². The molecular weight excluding hydrogens is 308 g/mol. The topological polar surface area (TPSA) is 112 Å². The zero-order valence-corrected chi connectivity index (χ0v) is 14.5. The Balaban J connectivity index is 2.97. The molecule has 1 aromatic carbocycles. The van der Waals surface area contributed by atoms with E-state index in [9.17, 15) is 10.1 Å². The van der Waals surface area contributed by atoms with Crippen LogP contribution in [0.15, 0.2) is 23.3 Å². The summed E-state index contributed by atoms with van der Waals surface area (Å²) < 4.78 is 5.70. The van der Waals surface area contributed by atoms with Gasteiger partial charge in [0, 0.05) is 11.6 Å². The van der Waals surface area contributed by atoms with Crippen molar-refractivity contribution in [1.82, 2.24) is 5.01 Å². The van der Waals surface area contributed by atoms with Crippen molar-refractivity contribution >= 4 is 11.7 Å². The molecule has 0 saturated carbocycles. The van der Waals surface area contributed by atoms with Gasteiger partial charge in [0.25, 0.3) is 0 Å². The Kier molecular flexibility index (Phi) is 7.21. The Bertz CT molecular complexity index is 640. The lowest BCUT2D eigenvalue weighted by Crippen LogP contribution is -2.41. The Morgan fingerprint density at radius 3 is 2.62 bits per heavy atom. The number of rotatable bonds is 8. The van der Waals surface area contributed by atoms with E-state index < -0.39 is 5.97 Å². The number of nitriles is 1. The summed E-state index contributed by atoms with van der Waals surface area (Å²) in [5.74, 6) is -0.697. The highest BCUT2D eigenvalue weighted by atomic mass is 16.5. The standard InChI is InChI=1S/C17H24N4O3/c1-11(2)21(13(4)19)20-12(3)10-24-17-14(8-16(22)23)6-5-7-15(17)9-18/h5-7,11,13H,8,10,19H2,1-4H3,(H,22,23)/b20-12+. The largest absolute Gasteiger partial charge is 0.486 e. The SMILES string of the molecule is C/C(COc1c(C#N)cccc1CC(=O)O)=N\N(C(C)C)C(C)N. The highest BCUT2D eigenvalue weighted by Crippen LogP contribution is 2.24. The van der Waals surface area contributed by atoms with Crippen LogP contribution in [0.4, 0.5) is 0 Å². The number of ether oxygens (including phenoxy) is 1. The summed E-state index contributed by atoms with van der Waals surface area (Å²) in [7, 11) is 0. The minimum atomic E-state index is -0.983. The minimum Gasteiger partial charge on any atom is -0.486 e. The fourth-order valence-electron chi connectivity index (χ4n) is 2.22. The first-order valence-electron chi connectivity index (χ1n) is 7.70. The van der Waals surface area contributed by atoms with Gasteiger partial charge in [0.05, 0.1) is 23.9 Å². The van der Waals surface area contributed by atoms with Crippen molar-refractivity contribution in [3.8, 4) is 11.8 Å². The van der Waals surface area contributed by atoms with Crippen molar-refractivity contribution in [2.24, 2.45) is 10.8 Å². The molecule has 0 fully saturated rings. The highest BCUT2D eigenvalue weighted by Gasteiger charge is 2.14. The molecule has 1 unspecified atom stereocenters. The Hall–Kier alpha value is -2.59. The number of aliphatic carboxylic acids is 1. The summed E-state index contributed by atoms with van der Waals surface area (Å²) in [6, 6.07) is 7.03. The monoisotopic (exact) mass is 332 g/mol. The van der Waals surface area contributed by atoms with Crippen molar-refractivity contribution in [3.63, 3.8) is 0 Å². The normalized spacial score (nSPS) is 12.6. The maximum Gasteiger partial charge on any atom is 0.307 e. The Morgan fingerprint density at radius 2 is 2.12 bits per heavy atom. The van der Waals surface area contributed by atoms with Gasteiger partial charge in [0.15, 0.2) is 0 Å². The van der Waals surface area contributed by atoms with Gasteiger partial charge in [0.1, 0.15) is 18.4 Å². The molecule has 0 radical (unpaired) electrons. The van der Waals surface area contributed by atoms with Gasteiger partial charge in [-0.1, -0.05) is 12.1 Å². The molecule has 0 aliphatic heterocycles. The number of benzene rings is 1. The summed E-state index contributed by atoms with van der Waals surface area (Å²) in [5.41, 5.74) is 7.32. The fraction of sp³-hybridized carbons (Fsp3) is 0.471. The minimum absolute atomic E-state index is 0.133. The van der Waals surface area contributed by atoms with E-state index in [0.29, 0.717) is 16.8 Å². The maximum absolute atomic E-state index is 11.0. The number of carbonyl (C=O) groups is 1. The van der Waals surface area contributed by atoms with Crippen LogP contribution in [0.5, 0.6) is 5.75 Å². The predicted octanol–water partition coefficient (Wildman–Crippen LogP) is 1.96. The lowest BCUT2D eigenvalue weighted by atomic mass is 10.1. The zero-order valence-electron chi connectivity index (χ0n) is 14.5. The van der Waals surface area contributed by atoms with Gasteiger partial charge in [-0.05, 0) is 33.8 Å². The molecular formula is C17H24N4O3. The van der Waals surface area contributed by atoms with Crippen molar-refractivity contribution in [1.29, 1.82) is 5.26 Å². The van der Waals surface area contributed by atoms with Crippen molar-refractivity contribution < 1.29 is 14.6 Å². The number of hydrogen-bond donors (Lipinski definition) is 2. The second kappa shape index (κ2) is 8.89. The van der Waals surface area contributed by atoms with Crippen LogP contribution >= 0.6 is 0 Å². The van der Waals surface area contributed by atoms with E-state index in [0.717, 1.165) is 0 Å². The van der Waals surface area contributed by atoms with Crippen LogP contribution < -0.4 is 10.5 Å². The molecule has 130 valence electrons. The number of para-hydroxylation sites is 1. The summed E-state index contributed by atoms with van der Waals surface area (Å²) >= 11 is 0. The van der Waals surface area contributed by atoms with E-state index in [4.69, 9.17) is 15.6 Å².